The molecular formula is C17H23ClN2O2Si. The summed E-state index contributed by atoms with van der Waals surface area (Å²) in [5.41, 5.74) is 1.41. The molecule has 3 rings (SSSR count). The summed E-state index contributed by atoms with van der Waals surface area (Å²) in [4.78, 5) is 17.0. The Kier molecular flexibility index (Phi) is 4.62. The van der Waals surface area contributed by atoms with E-state index in [0.717, 1.165) is 29.9 Å². The molecule has 1 aliphatic carbocycles. The maximum atomic E-state index is 12.6. The number of aromatic nitrogens is 2. The smallest absolute Gasteiger partial charge is 0.182 e. The number of hydrogen-bond donors (Lipinski definition) is 0. The number of hydrogen-bond acceptors (Lipinski definition) is 3. The van der Waals surface area contributed by atoms with Gasteiger partial charge in [-0.2, -0.15) is 0 Å². The predicted octanol–water partition coefficient (Wildman–Crippen LogP) is 4.59. The van der Waals surface area contributed by atoms with Crippen molar-refractivity contribution in [3.05, 3.63) is 29.0 Å². The topological polar surface area (TPSA) is 44.1 Å². The van der Waals surface area contributed by atoms with Gasteiger partial charge in [-0.05, 0) is 31.0 Å². The molecule has 1 fully saturated rings. The van der Waals surface area contributed by atoms with E-state index in [9.17, 15) is 4.79 Å². The number of pyridine rings is 1. The van der Waals surface area contributed by atoms with Crippen LogP contribution in [0.5, 0.6) is 0 Å². The van der Waals surface area contributed by atoms with Crippen LogP contribution < -0.4 is 0 Å². The van der Waals surface area contributed by atoms with E-state index in [1.165, 1.54) is 0 Å². The molecule has 0 radical (unpaired) electrons. The van der Waals surface area contributed by atoms with Crippen LogP contribution in [0.1, 0.15) is 23.3 Å². The van der Waals surface area contributed by atoms with Gasteiger partial charge in [0.2, 0.25) is 0 Å². The van der Waals surface area contributed by atoms with E-state index in [2.05, 4.69) is 24.6 Å². The van der Waals surface area contributed by atoms with E-state index in [1.807, 2.05) is 10.6 Å². The molecule has 6 heteroatoms. The van der Waals surface area contributed by atoms with Gasteiger partial charge in [0.1, 0.15) is 12.4 Å². The fourth-order valence-corrected chi connectivity index (χ4v) is 3.49. The first-order chi connectivity index (χ1) is 10.9. The molecule has 2 aromatic rings. The van der Waals surface area contributed by atoms with Crippen LogP contribution in [0, 0.1) is 5.92 Å². The van der Waals surface area contributed by atoms with Crippen LogP contribution in [0.3, 0.4) is 0 Å². The van der Waals surface area contributed by atoms with Gasteiger partial charge in [0, 0.05) is 32.2 Å². The van der Waals surface area contributed by atoms with Crippen molar-refractivity contribution in [2.75, 3.05) is 6.61 Å². The molecule has 0 N–H and O–H groups in total. The molecule has 1 saturated carbocycles. The highest BCUT2D eigenvalue weighted by Crippen LogP contribution is 2.35. The molecule has 0 amide bonds. The highest BCUT2D eigenvalue weighted by molar-refractivity contribution is 6.76. The van der Waals surface area contributed by atoms with Crippen molar-refractivity contribution in [3.8, 4) is 0 Å². The summed E-state index contributed by atoms with van der Waals surface area (Å²) in [5.74, 6) is 0.353. The molecule has 0 aliphatic heterocycles. The summed E-state index contributed by atoms with van der Waals surface area (Å²) >= 11 is 6.26. The normalized spacial score (nSPS) is 15.3. The van der Waals surface area contributed by atoms with Crippen LogP contribution in [0.15, 0.2) is 18.3 Å². The molecule has 2 aromatic heterocycles. The molecule has 23 heavy (non-hydrogen) atoms. The SMILES string of the molecule is C[Si](C)(C)CCOCn1c(C(=O)C2CC2)cc2c(Cl)ccnc21. The highest BCUT2D eigenvalue weighted by Gasteiger charge is 2.33. The third-order valence-corrected chi connectivity index (χ3v) is 6.19. The van der Waals surface area contributed by atoms with E-state index in [1.54, 1.807) is 12.3 Å². The number of nitrogens with zero attached hydrogens (tertiary/aromatic N) is 2. The summed E-state index contributed by atoms with van der Waals surface area (Å²) in [5, 5.41) is 1.45. The van der Waals surface area contributed by atoms with Crippen LogP contribution in [-0.2, 0) is 11.5 Å². The van der Waals surface area contributed by atoms with E-state index in [4.69, 9.17) is 16.3 Å². The van der Waals surface area contributed by atoms with Crippen molar-refractivity contribution in [2.24, 2.45) is 5.92 Å². The standard InChI is InChI=1S/C17H23ClN2O2Si/c1-23(2,3)9-8-22-11-20-15(16(21)12-4-5-12)10-13-14(18)6-7-19-17(13)20/h6-7,10,12H,4-5,8-9,11H2,1-3H3. The van der Waals surface area contributed by atoms with Gasteiger partial charge in [0.25, 0.3) is 0 Å². The molecule has 0 unspecified atom stereocenters. The number of carbonyl (C=O) groups excluding carboxylic acids is 1. The average molecular weight is 351 g/mol. The Morgan fingerprint density at radius 1 is 1.43 bits per heavy atom. The Balaban J connectivity index is 1.85. The maximum absolute atomic E-state index is 12.6. The van der Waals surface area contributed by atoms with Gasteiger partial charge in [0.05, 0.1) is 10.7 Å². The Morgan fingerprint density at radius 2 is 2.17 bits per heavy atom. The number of ketones is 1. The number of rotatable bonds is 7. The number of carbonyl (C=O) groups is 1. The molecule has 0 saturated heterocycles. The number of Topliss-reactive ketones (excluding diaryl/α,β-unsaturated/α-hetero) is 1. The minimum Gasteiger partial charge on any atom is -0.361 e. The van der Waals surface area contributed by atoms with Gasteiger partial charge in [-0.15, -0.1) is 0 Å². The second-order valence-electron chi connectivity index (χ2n) is 7.47. The monoisotopic (exact) mass is 350 g/mol. The first-order valence-corrected chi connectivity index (χ1v) is 12.2. The van der Waals surface area contributed by atoms with Crippen LogP contribution in [0.2, 0.25) is 30.7 Å². The number of halogens is 1. The first-order valence-electron chi connectivity index (χ1n) is 8.12. The van der Waals surface area contributed by atoms with Crippen LogP contribution >= 0.6 is 11.6 Å². The summed E-state index contributed by atoms with van der Waals surface area (Å²) < 4.78 is 7.74. The maximum Gasteiger partial charge on any atom is 0.182 e. The summed E-state index contributed by atoms with van der Waals surface area (Å²) in [6.07, 6.45) is 3.64. The van der Waals surface area contributed by atoms with Crippen molar-refractivity contribution in [1.82, 2.24) is 9.55 Å². The van der Waals surface area contributed by atoms with E-state index in [0.29, 0.717) is 24.1 Å². The van der Waals surface area contributed by atoms with Crippen molar-refractivity contribution in [3.63, 3.8) is 0 Å². The molecule has 0 aromatic carbocycles. The lowest BCUT2D eigenvalue weighted by Crippen LogP contribution is -2.22. The third-order valence-electron chi connectivity index (χ3n) is 4.16. The second-order valence-corrected chi connectivity index (χ2v) is 13.5. The highest BCUT2D eigenvalue weighted by atomic mass is 35.5. The third kappa shape index (κ3) is 3.84. The predicted molar refractivity (Wildman–Crippen MR) is 95.9 cm³/mol. The van der Waals surface area contributed by atoms with Crippen molar-refractivity contribution >= 4 is 36.5 Å². The summed E-state index contributed by atoms with van der Waals surface area (Å²) in [6, 6.07) is 4.73. The van der Waals surface area contributed by atoms with E-state index >= 15 is 0 Å². The van der Waals surface area contributed by atoms with Gasteiger partial charge in [-0.1, -0.05) is 31.2 Å². The van der Waals surface area contributed by atoms with Gasteiger partial charge < -0.3 is 4.74 Å². The molecule has 2 heterocycles. The lowest BCUT2D eigenvalue weighted by Gasteiger charge is -2.16. The molecule has 0 spiro atoms. The zero-order valence-corrected chi connectivity index (χ0v) is 15.7. The Hall–Kier alpha value is -1.17. The quantitative estimate of drug-likeness (QED) is 0.416. The lowest BCUT2D eigenvalue weighted by molar-refractivity contribution is 0.0815. The zero-order chi connectivity index (χ0) is 16.6. The summed E-state index contributed by atoms with van der Waals surface area (Å²) in [6.45, 7) is 8.04. The molecule has 0 bridgehead atoms. The van der Waals surface area contributed by atoms with Crippen LogP contribution in [0.25, 0.3) is 11.0 Å². The number of fused-ring (bicyclic) bond motifs is 1. The Bertz CT molecular complexity index is 732. The van der Waals surface area contributed by atoms with Crippen LogP contribution in [0.4, 0.5) is 0 Å². The molecule has 124 valence electrons. The van der Waals surface area contributed by atoms with Crippen molar-refractivity contribution in [2.45, 2.75) is 45.3 Å². The van der Waals surface area contributed by atoms with Crippen molar-refractivity contribution in [1.29, 1.82) is 0 Å². The fourth-order valence-electron chi connectivity index (χ4n) is 2.54. The molecule has 1 aliphatic rings. The Morgan fingerprint density at radius 3 is 2.83 bits per heavy atom. The Labute approximate surface area is 142 Å². The molecule has 0 atom stereocenters. The van der Waals surface area contributed by atoms with Crippen molar-refractivity contribution < 1.29 is 9.53 Å². The largest absolute Gasteiger partial charge is 0.361 e. The number of ether oxygens (including phenoxy) is 1. The van der Waals surface area contributed by atoms with Gasteiger partial charge >= 0.3 is 0 Å². The van der Waals surface area contributed by atoms with E-state index in [-0.39, 0.29) is 11.7 Å². The van der Waals surface area contributed by atoms with Crippen LogP contribution in [-0.4, -0.2) is 30.0 Å². The molecule has 4 nitrogen and oxygen atoms in total. The summed E-state index contributed by atoms with van der Waals surface area (Å²) in [7, 11) is -1.12. The minimum atomic E-state index is -1.12. The minimum absolute atomic E-state index is 0.166. The lowest BCUT2D eigenvalue weighted by atomic mass is 10.2. The van der Waals surface area contributed by atoms with Gasteiger partial charge in [0.15, 0.2) is 5.78 Å². The van der Waals surface area contributed by atoms with Gasteiger partial charge in [-0.3, -0.25) is 9.36 Å². The first kappa shape index (κ1) is 16.7. The zero-order valence-electron chi connectivity index (χ0n) is 13.9. The van der Waals surface area contributed by atoms with E-state index < -0.39 is 8.07 Å². The second kappa shape index (κ2) is 6.38. The fraction of sp³-hybridized carbons (Fsp3) is 0.529. The molecular weight excluding hydrogens is 328 g/mol. The average Bonchev–Trinajstić information content (AvgIpc) is 3.25. The van der Waals surface area contributed by atoms with Gasteiger partial charge in [-0.25, -0.2) is 4.98 Å².